The second kappa shape index (κ2) is 6.51. The summed E-state index contributed by atoms with van der Waals surface area (Å²) in [6, 6.07) is 3.46. The first-order valence-electron chi connectivity index (χ1n) is 6.90. The van der Waals surface area contributed by atoms with E-state index in [4.69, 9.17) is 4.74 Å². The van der Waals surface area contributed by atoms with Gasteiger partial charge in [-0.3, -0.25) is 0 Å². The quantitative estimate of drug-likeness (QED) is 0.887. The van der Waals surface area contributed by atoms with Gasteiger partial charge >= 0.3 is 0 Å². The minimum Gasteiger partial charge on any atom is -0.383 e. The molecule has 0 saturated carbocycles. The summed E-state index contributed by atoms with van der Waals surface area (Å²) < 4.78 is 32.4. The number of ether oxygens (including phenoxy) is 1. The monoisotopic (exact) mass is 299 g/mol. The fourth-order valence-electron chi connectivity index (χ4n) is 2.20. The van der Waals surface area contributed by atoms with Gasteiger partial charge in [-0.15, -0.1) is 0 Å². The molecule has 1 atom stereocenters. The Bertz CT molecular complexity index is 548. The predicted molar refractivity (Wildman–Crippen MR) is 77.2 cm³/mol. The van der Waals surface area contributed by atoms with Crippen molar-refractivity contribution in [2.24, 2.45) is 0 Å². The Morgan fingerprint density at radius 1 is 1.50 bits per heavy atom. The van der Waals surface area contributed by atoms with Crippen molar-refractivity contribution in [2.75, 3.05) is 31.6 Å². The van der Waals surface area contributed by atoms with Gasteiger partial charge in [-0.2, -0.15) is 4.31 Å². The largest absolute Gasteiger partial charge is 0.383 e. The maximum absolute atomic E-state index is 12.7. The second-order valence-electron chi connectivity index (χ2n) is 4.65. The molecule has 0 radical (unpaired) electrons. The first kappa shape index (κ1) is 15.2. The first-order valence-corrected chi connectivity index (χ1v) is 8.34. The number of sulfonamides is 1. The predicted octanol–water partition coefficient (Wildman–Crippen LogP) is 1.31. The van der Waals surface area contributed by atoms with E-state index < -0.39 is 10.0 Å². The third-order valence-electron chi connectivity index (χ3n) is 3.28. The van der Waals surface area contributed by atoms with Crippen molar-refractivity contribution in [3.63, 3.8) is 0 Å². The highest BCUT2D eigenvalue weighted by Crippen LogP contribution is 2.24. The molecule has 0 aliphatic carbocycles. The normalized spacial score (nSPS) is 20.8. The molecule has 1 aliphatic heterocycles. The van der Waals surface area contributed by atoms with Gasteiger partial charge in [0.05, 0.1) is 18.4 Å². The highest BCUT2D eigenvalue weighted by atomic mass is 32.2. The summed E-state index contributed by atoms with van der Waals surface area (Å²) in [5.41, 5.74) is 0.551. The van der Waals surface area contributed by atoms with Crippen LogP contribution in [-0.4, -0.2) is 50.1 Å². The molecule has 6 nitrogen and oxygen atoms in total. The van der Waals surface area contributed by atoms with Gasteiger partial charge in [0, 0.05) is 25.8 Å². The lowest BCUT2D eigenvalue weighted by Crippen LogP contribution is -2.45. The van der Waals surface area contributed by atoms with Crippen LogP contribution in [0.4, 0.5) is 5.69 Å². The molecule has 2 heterocycles. The number of aromatic nitrogens is 1. The fraction of sp³-hybridized carbons (Fsp3) is 0.615. The molecule has 20 heavy (non-hydrogen) atoms. The van der Waals surface area contributed by atoms with Gasteiger partial charge in [0.1, 0.15) is 0 Å². The Hall–Kier alpha value is -1.18. The summed E-state index contributed by atoms with van der Waals surface area (Å²) in [5.74, 6) is 0. The van der Waals surface area contributed by atoms with Crippen LogP contribution in [-0.2, 0) is 14.8 Å². The zero-order valence-corrected chi connectivity index (χ0v) is 12.7. The summed E-state index contributed by atoms with van der Waals surface area (Å²) in [6.45, 7) is 5.76. The zero-order chi connectivity index (χ0) is 14.6. The Kier molecular flexibility index (Phi) is 4.95. The summed E-state index contributed by atoms with van der Waals surface area (Å²) in [6.07, 6.45) is 2.27. The SMILES string of the molecule is CCNc1cccnc1S(=O)(=O)N1CCOC(CC)C1. The number of pyridine rings is 1. The van der Waals surface area contributed by atoms with Gasteiger partial charge < -0.3 is 10.1 Å². The Morgan fingerprint density at radius 2 is 2.30 bits per heavy atom. The molecular formula is C13H21N3O3S. The lowest BCUT2D eigenvalue weighted by Gasteiger charge is -2.31. The molecule has 1 aromatic heterocycles. The van der Waals surface area contributed by atoms with Crippen LogP contribution in [0.5, 0.6) is 0 Å². The third kappa shape index (κ3) is 3.11. The van der Waals surface area contributed by atoms with Crippen molar-refractivity contribution in [1.29, 1.82) is 0 Å². The molecule has 1 aliphatic rings. The Labute approximate surface area is 120 Å². The zero-order valence-electron chi connectivity index (χ0n) is 11.9. The van der Waals surface area contributed by atoms with Crippen LogP contribution in [0.15, 0.2) is 23.4 Å². The molecule has 2 rings (SSSR count). The number of morpholine rings is 1. The van der Waals surface area contributed by atoms with E-state index in [0.29, 0.717) is 31.9 Å². The molecule has 0 amide bonds. The van der Waals surface area contributed by atoms with Crippen LogP contribution in [0.25, 0.3) is 0 Å². The van der Waals surface area contributed by atoms with Crippen LogP contribution in [0.2, 0.25) is 0 Å². The maximum atomic E-state index is 12.7. The van der Waals surface area contributed by atoms with Crippen molar-refractivity contribution in [1.82, 2.24) is 9.29 Å². The van der Waals surface area contributed by atoms with Gasteiger partial charge in [0.25, 0.3) is 10.0 Å². The number of anilines is 1. The minimum absolute atomic E-state index is 0.0372. The lowest BCUT2D eigenvalue weighted by atomic mass is 10.2. The molecule has 1 fully saturated rings. The van der Waals surface area contributed by atoms with E-state index in [9.17, 15) is 8.42 Å². The molecule has 1 unspecified atom stereocenters. The average Bonchev–Trinajstić information content (AvgIpc) is 2.48. The van der Waals surface area contributed by atoms with Crippen LogP contribution < -0.4 is 5.32 Å². The molecular weight excluding hydrogens is 278 g/mol. The van der Waals surface area contributed by atoms with E-state index >= 15 is 0 Å². The summed E-state index contributed by atoms with van der Waals surface area (Å²) >= 11 is 0. The summed E-state index contributed by atoms with van der Waals surface area (Å²) in [7, 11) is -3.58. The molecule has 7 heteroatoms. The van der Waals surface area contributed by atoms with Gasteiger partial charge in [-0.25, -0.2) is 13.4 Å². The summed E-state index contributed by atoms with van der Waals surface area (Å²) in [5, 5.41) is 3.14. The number of nitrogens with one attached hydrogen (secondary N) is 1. The first-order chi connectivity index (χ1) is 9.59. The van der Waals surface area contributed by atoms with Crippen LogP contribution >= 0.6 is 0 Å². The van der Waals surface area contributed by atoms with Crippen LogP contribution in [0.1, 0.15) is 20.3 Å². The number of nitrogens with zero attached hydrogens (tertiary/aromatic N) is 2. The highest BCUT2D eigenvalue weighted by molar-refractivity contribution is 7.89. The van der Waals surface area contributed by atoms with E-state index in [1.165, 1.54) is 10.5 Å². The van der Waals surface area contributed by atoms with E-state index in [-0.39, 0.29) is 11.1 Å². The smallest absolute Gasteiger partial charge is 0.262 e. The lowest BCUT2D eigenvalue weighted by molar-refractivity contribution is -0.00283. The molecule has 0 bridgehead atoms. The topological polar surface area (TPSA) is 71.5 Å². The molecule has 0 spiro atoms. The number of rotatable bonds is 5. The molecule has 0 aromatic carbocycles. The van der Waals surface area contributed by atoms with Crippen molar-refractivity contribution in [3.05, 3.63) is 18.3 Å². The average molecular weight is 299 g/mol. The second-order valence-corrected chi connectivity index (χ2v) is 6.50. The highest BCUT2D eigenvalue weighted by Gasteiger charge is 2.32. The minimum atomic E-state index is -3.58. The van der Waals surface area contributed by atoms with Gasteiger partial charge in [0.2, 0.25) is 0 Å². The Morgan fingerprint density at radius 3 is 3.00 bits per heavy atom. The maximum Gasteiger partial charge on any atom is 0.262 e. The van der Waals surface area contributed by atoms with Crippen molar-refractivity contribution in [2.45, 2.75) is 31.4 Å². The third-order valence-corrected chi connectivity index (χ3v) is 5.10. The molecule has 112 valence electrons. The van der Waals surface area contributed by atoms with E-state index in [1.54, 1.807) is 12.1 Å². The van der Waals surface area contributed by atoms with E-state index in [1.807, 2.05) is 13.8 Å². The van der Waals surface area contributed by atoms with Gasteiger partial charge in [0.15, 0.2) is 5.03 Å². The summed E-state index contributed by atoms with van der Waals surface area (Å²) in [4.78, 5) is 4.06. The van der Waals surface area contributed by atoms with Crippen molar-refractivity contribution in [3.8, 4) is 0 Å². The van der Waals surface area contributed by atoms with Crippen molar-refractivity contribution >= 4 is 15.7 Å². The fourth-order valence-corrected chi connectivity index (χ4v) is 3.74. The Balaban J connectivity index is 2.30. The van der Waals surface area contributed by atoms with E-state index in [2.05, 4.69) is 10.3 Å². The molecule has 1 aromatic rings. The molecule has 1 saturated heterocycles. The van der Waals surface area contributed by atoms with Gasteiger partial charge in [-0.1, -0.05) is 6.92 Å². The number of hydrogen-bond donors (Lipinski definition) is 1. The van der Waals surface area contributed by atoms with E-state index in [0.717, 1.165) is 6.42 Å². The van der Waals surface area contributed by atoms with Crippen LogP contribution in [0, 0.1) is 0 Å². The molecule has 1 N–H and O–H groups in total. The van der Waals surface area contributed by atoms with Gasteiger partial charge in [-0.05, 0) is 25.5 Å². The number of hydrogen-bond acceptors (Lipinski definition) is 5. The van der Waals surface area contributed by atoms with Crippen LogP contribution in [0.3, 0.4) is 0 Å². The van der Waals surface area contributed by atoms with Crippen molar-refractivity contribution < 1.29 is 13.2 Å². The standard InChI is InChI=1S/C13H21N3O3S/c1-3-11-10-16(8-9-19-11)20(17,18)13-12(14-4-2)6-5-7-15-13/h5-7,11,14H,3-4,8-10H2,1-2H3.